The maximum Gasteiger partial charge on any atom is 0.309 e. The van der Waals surface area contributed by atoms with Crippen molar-refractivity contribution in [3.63, 3.8) is 0 Å². The molecule has 1 amide bonds. The molecule has 1 aromatic rings. The van der Waals surface area contributed by atoms with Gasteiger partial charge in [0.2, 0.25) is 5.91 Å². The molecule has 154 valence electrons. The molecule has 7 heteroatoms. The number of carboxylic acid groups (broad SMARTS) is 1. The topological polar surface area (TPSA) is 73.3 Å². The van der Waals surface area contributed by atoms with Crippen molar-refractivity contribution in [2.75, 3.05) is 47.4 Å². The number of hydrogen-bond acceptors (Lipinski definition) is 5. The van der Waals surface area contributed by atoms with Crippen molar-refractivity contribution in [3.8, 4) is 5.75 Å². The molecule has 0 unspecified atom stereocenters. The maximum atomic E-state index is 12.1. The molecule has 0 aliphatic carbocycles. The summed E-state index contributed by atoms with van der Waals surface area (Å²) in [4.78, 5) is 29.9. The molecular formula is C21H31N3O4. The third kappa shape index (κ3) is 4.31. The highest BCUT2D eigenvalue weighted by atomic mass is 16.5. The van der Waals surface area contributed by atoms with Gasteiger partial charge in [-0.25, -0.2) is 0 Å². The Morgan fingerprint density at radius 2 is 1.89 bits per heavy atom. The third-order valence-corrected chi connectivity index (χ3v) is 6.23. The fourth-order valence-electron chi connectivity index (χ4n) is 4.38. The van der Waals surface area contributed by atoms with Crippen molar-refractivity contribution in [3.05, 3.63) is 29.8 Å². The van der Waals surface area contributed by atoms with Gasteiger partial charge in [-0.2, -0.15) is 0 Å². The summed E-state index contributed by atoms with van der Waals surface area (Å²) < 4.78 is 5.73. The number of benzene rings is 1. The largest absolute Gasteiger partial charge is 0.492 e. The number of amides is 1. The zero-order valence-corrected chi connectivity index (χ0v) is 17.1. The average Bonchev–Trinajstić information content (AvgIpc) is 2.90. The standard InChI is InChI=1S/C21H31N3O4/c1-22(2)12-13-28-17-6-4-16(5-7-17)15-24-10-8-21(9-11-24)18(20(26)27)14-19(25)23(21)3/h4-7,18H,8-15H2,1-3H3,(H,26,27)/t18-/m1/s1. The number of ether oxygens (including phenoxy) is 1. The highest BCUT2D eigenvalue weighted by Gasteiger charge is 2.55. The SMILES string of the molecule is CN(C)CCOc1ccc(CN2CCC3(CC2)[C@@H](C(=O)O)CC(=O)N3C)cc1. The second-order valence-corrected chi connectivity index (χ2v) is 8.22. The van der Waals surface area contributed by atoms with Crippen LogP contribution in [0.25, 0.3) is 0 Å². The fraction of sp³-hybridized carbons (Fsp3) is 0.619. The number of rotatable bonds is 7. The smallest absolute Gasteiger partial charge is 0.309 e. The first-order valence-electron chi connectivity index (χ1n) is 9.90. The van der Waals surface area contributed by atoms with E-state index in [1.165, 1.54) is 5.56 Å². The molecule has 1 aromatic carbocycles. The highest BCUT2D eigenvalue weighted by molar-refractivity contribution is 5.88. The number of hydrogen-bond donors (Lipinski definition) is 1. The lowest BCUT2D eigenvalue weighted by Gasteiger charge is -2.45. The van der Waals surface area contributed by atoms with Crippen molar-refractivity contribution < 1.29 is 19.4 Å². The second-order valence-electron chi connectivity index (χ2n) is 8.22. The van der Waals surface area contributed by atoms with E-state index in [2.05, 4.69) is 21.9 Å². The van der Waals surface area contributed by atoms with Gasteiger partial charge in [-0.05, 0) is 44.6 Å². The van der Waals surface area contributed by atoms with E-state index in [9.17, 15) is 14.7 Å². The Labute approximate surface area is 166 Å². The van der Waals surface area contributed by atoms with Crippen LogP contribution < -0.4 is 4.74 Å². The number of carboxylic acids is 1. The Bertz CT molecular complexity index is 696. The molecule has 0 bridgehead atoms. The summed E-state index contributed by atoms with van der Waals surface area (Å²) in [7, 11) is 5.80. The lowest BCUT2D eigenvalue weighted by molar-refractivity contribution is -0.146. The van der Waals surface area contributed by atoms with E-state index in [0.29, 0.717) is 19.4 Å². The van der Waals surface area contributed by atoms with E-state index in [-0.39, 0.29) is 12.3 Å². The molecule has 0 saturated carbocycles. The molecule has 0 radical (unpaired) electrons. The Hall–Kier alpha value is -2.12. The van der Waals surface area contributed by atoms with Crippen LogP contribution >= 0.6 is 0 Å². The minimum atomic E-state index is -0.851. The molecular weight excluding hydrogens is 358 g/mol. The minimum absolute atomic E-state index is 0.0503. The van der Waals surface area contributed by atoms with Crippen molar-refractivity contribution >= 4 is 11.9 Å². The molecule has 2 saturated heterocycles. The Morgan fingerprint density at radius 3 is 2.46 bits per heavy atom. The van der Waals surface area contributed by atoms with E-state index in [0.717, 1.165) is 31.9 Å². The number of nitrogens with zero attached hydrogens (tertiary/aromatic N) is 3. The van der Waals surface area contributed by atoms with Gasteiger partial charge in [-0.15, -0.1) is 0 Å². The number of aliphatic carboxylic acids is 1. The lowest BCUT2D eigenvalue weighted by atomic mass is 9.77. The van der Waals surface area contributed by atoms with Crippen LogP contribution in [-0.2, 0) is 16.1 Å². The van der Waals surface area contributed by atoms with Crippen LogP contribution in [0.3, 0.4) is 0 Å². The van der Waals surface area contributed by atoms with Crippen LogP contribution in [0.4, 0.5) is 0 Å². The molecule has 2 aliphatic heterocycles. The van der Waals surface area contributed by atoms with Gasteiger partial charge >= 0.3 is 5.97 Å². The van der Waals surface area contributed by atoms with Crippen LogP contribution in [-0.4, -0.2) is 84.6 Å². The number of piperidine rings is 1. The van der Waals surface area contributed by atoms with Crippen LogP contribution in [0.1, 0.15) is 24.8 Å². The monoisotopic (exact) mass is 389 g/mol. The summed E-state index contributed by atoms with van der Waals surface area (Å²) in [6, 6.07) is 8.17. The van der Waals surface area contributed by atoms with Crippen LogP contribution in [0.15, 0.2) is 24.3 Å². The summed E-state index contributed by atoms with van der Waals surface area (Å²) >= 11 is 0. The molecule has 0 aromatic heterocycles. The molecule has 28 heavy (non-hydrogen) atoms. The van der Waals surface area contributed by atoms with E-state index in [4.69, 9.17) is 4.74 Å². The molecule has 7 nitrogen and oxygen atoms in total. The van der Waals surface area contributed by atoms with E-state index in [1.807, 2.05) is 26.2 Å². The first-order chi connectivity index (χ1) is 13.3. The molecule has 1 spiro atoms. The maximum absolute atomic E-state index is 12.1. The van der Waals surface area contributed by atoms with Gasteiger partial charge in [0.05, 0.1) is 11.5 Å². The van der Waals surface area contributed by atoms with E-state index in [1.54, 1.807) is 11.9 Å². The van der Waals surface area contributed by atoms with Crippen LogP contribution in [0, 0.1) is 5.92 Å². The van der Waals surface area contributed by atoms with Gasteiger partial charge in [0, 0.05) is 39.6 Å². The summed E-state index contributed by atoms with van der Waals surface area (Å²) in [5, 5.41) is 9.58. The highest BCUT2D eigenvalue weighted by Crippen LogP contribution is 2.43. The average molecular weight is 389 g/mol. The first-order valence-corrected chi connectivity index (χ1v) is 9.90. The zero-order chi connectivity index (χ0) is 20.3. The predicted octanol–water partition coefficient (Wildman–Crippen LogP) is 1.52. The molecule has 3 rings (SSSR count). The summed E-state index contributed by atoms with van der Waals surface area (Å²) in [5.41, 5.74) is 0.686. The molecule has 1 N–H and O–H groups in total. The van der Waals surface area contributed by atoms with E-state index >= 15 is 0 Å². The van der Waals surface area contributed by atoms with Gasteiger partial charge in [-0.3, -0.25) is 14.5 Å². The Kier molecular flexibility index (Phi) is 6.25. The number of carbonyl (C=O) groups excluding carboxylic acids is 1. The van der Waals surface area contributed by atoms with Gasteiger partial charge in [0.25, 0.3) is 0 Å². The number of likely N-dealkylation sites (tertiary alicyclic amines) is 2. The van der Waals surface area contributed by atoms with Crippen LogP contribution in [0.2, 0.25) is 0 Å². The predicted molar refractivity (Wildman–Crippen MR) is 106 cm³/mol. The third-order valence-electron chi connectivity index (χ3n) is 6.23. The normalized spacial score (nSPS) is 22.2. The van der Waals surface area contributed by atoms with Gasteiger partial charge in [0.1, 0.15) is 12.4 Å². The molecule has 2 fully saturated rings. The van der Waals surface area contributed by atoms with E-state index < -0.39 is 17.4 Å². The second kappa shape index (κ2) is 8.49. The molecule has 2 aliphatic rings. The molecule has 2 heterocycles. The number of carbonyl (C=O) groups is 2. The number of likely N-dealkylation sites (N-methyl/N-ethyl adjacent to an activating group) is 1. The minimum Gasteiger partial charge on any atom is -0.492 e. The fourth-order valence-corrected chi connectivity index (χ4v) is 4.38. The van der Waals surface area contributed by atoms with Gasteiger partial charge in [-0.1, -0.05) is 12.1 Å². The Morgan fingerprint density at radius 1 is 1.25 bits per heavy atom. The van der Waals surface area contributed by atoms with Crippen molar-refractivity contribution in [2.24, 2.45) is 5.92 Å². The molecule has 1 atom stereocenters. The van der Waals surface area contributed by atoms with Crippen molar-refractivity contribution in [1.29, 1.82) is 0 Å². The van der Waals surface area contributed by atoms with Gasteiger partial charge in [0.15, 0.2) is 0 Å². The summed E-state index contributed by atoms with van der Waals surface area (Å²) in [6.45, 7) is 3.96. The Balaban J connectivity index is 1.54. The van der Waals surface area contributed by atoms with Crippen molar-refractivity contribution in [2.45, 2.75) is 31.3 Å². The van der Waals surface area contributed by atoms with Crippen molar-refractivity contribution in [1.82, 2.24) is 14.7 Å². The quantitative estimate of drug-likeness (QED) is 0.762. The zero-order valence-electron chi connectivity index (χ0n) is 17.1. The lowest BCUT2D eigenvalue weighted by Crippen LogP contribution is -2.55. The van der Waals surface area contributed by atoms with Gasteiger partial charge < -0.3 is 19.6 Å². The summed E-state index contributed by atoms with van der Waals surface area (Å²) in [6.07, 6.45) is 1.54. The van der Waals surface area contributed by atoms with Crippen LogP contribution in [0.5, 0.6) is 5.75 Å². The first kappa shape index (κ1) is 20.6. The summed E-state index contributed by atoms with van der Waals surface area (Å²) in [5.74, 6) is -0.619.